The lowest BCUT2D eigenvalue weighted by Crippen LogP contribution is -2.07. The average Bonchev–Trinajstić information content (AvgIpc) is 2.28. The molecule has 0 unspecified atom stereocenters. The van der Waals surface area contributed by atoms with Crippen molar-refractivity contribution < 1.29 is 14.3 Å². The van der Waals surface area contributed by atoms with E-state index in [1.54, 1.807) is 0 Å². The molecule has 5 nitrogen and oxygen atoms in total. The number of carbonyl (C=O) groups is 1. The molecule has 0 spiro atoms. The topological polar surface area (TPSA) is 61.3 Å². The molecule has 0 saturated carbocycles. The highest BCUT2D eigenvalue weighted by molar-refractivity contribution is 5.86. The van der Waals surface area contributed by atoms with Crippen LogP contribution in [0.3, 0.4) is 0 Å². The van der Waals surface area contributed by atoms with Crippen LogP contribution in [0.15, 0.2) is 12.4 Å². The largest absolute Gasteiger partial charge is 0.477 e. The maximum absolute atomic E-state index is 11.1. The average molecular weight is 224 g/mol. The lowest BCUT2D eigenvalue weighted by molar-refractivity contribution is 0.0593. The summed E-state index contributed by atoms with van der Waals surface area (Å²) in [6.07, 6.45) is 3.73. The summed E-state index contributed by atoms with van der Waals surface area (Å²) in [4.78, 5) is 18.9. The maximum atomic E-state index is 11.1. The highest BCUT2D eigenvalue weighted by Crippen LogP contribution is 2.07. The van der Waals surface area contributed by atoms with Gasteiger partial charge in [0.05, 0.1) is 26.1 Å². The van der Waals surface area contributed by atoms with Gasteiger partial charge in [-0.1, -0.05) is 13.8 Å². The molecule has 0 atom stereocenters. The Hall–Kier alpha value is -1.65. The predicted octanol–water partition coefficient (Wildman–Crippen LogP) is 1.69. The first kappa shape index (κ1) is 12.4. The quantitative estimate of drug-likeness (QED) is 0.712. The van der Waals surface area contributed by atoms with E-state index >= 15 is 0 Å². The van der Waals surface area contributed by atoms with Crippen LogP contribution >= 0.6 is 0 Å². The number of esters is 1. The summed E-state index contributed by atoms with van der Waals surface area (Å²) < 4.78 is 9.87. The number of hydrogen-bond acceptors (Lipinski definition) is 5. The van der Waals surface area contributed by atoms with Gasteiger partial charge in [-0.15, -0.1) is 0 Å². The molecular weight excluding hydrogens is 208 g/mol. The molecular formula is C11H16N2O3. The van der Waals surface area contributed by atoms with Gasteiger partial charge in [-0.05, 0) is 12.3 Å². The van der Waals surface area contributed by atoms with Crippen LogP contribution in [0.4, 0.5) is 0 Å². The van der Waals surface area contributed by atoms with Gasteiger partial charge in [0.2, 0.25) is 5.88 Å². The molecule has 0 aromatic carbocycles. The van der Waals surface area contributed by atoms with E-state index in [2.05, 4.69) is 28.6 Å². The van der Waals surface area contributed by atoms with Crippen molar-refractivity contribution in [2.45, 2.75) is 20.3 Å². The Labute approximate surface area is 94.8 Å². The monoisotopic (exact) mass is 224 g/mol. The zero-order valence-corrected chi connectivity index (χ0v) is 9.77. The summed E-state index contributed by atoms with van der Waals surface area (Å²) in [5.74, 6) is 0.511. The van der Waals surface area contributed by atoms with Crippen LogP contribution in [0.5, 0.6) is 5.88 Å². The Morgan fingerprint density at radius 3 is 2.62 bits per heavy atom. The van der Waals surface area contributed by atoms with Crippen molar-refractivity contribution in [1.82, 2.24) is 9.97 Å². The molecule has 1 rings (SSSR count). The molecule has 0 amide bonds. The second kappa shape index (κ2) is 6.05. The Bertz CT molecular complexity index is 336. The molecule has 0 aliphatic heterocycles. The van der Waals surface area contributed by atoms with Crippen LogP contribution in [0.25, 0.3) is 0 Å². The van der Waals surface area contributed by atoms with Crippen LogP contribution in [0.1, 0.15) is 30.8 Å². The molecule has 1 aromatic heterocycles. The second-order valence-corrected chi connectivity index (χ2v) is 3.76. The third kappa shape index (κ3) is 3.84. The van der Waals surface area contributed by atoms with Crippen LogP contribution < -0.4 is 4.74 Å². The summed E-state index contributed by atoms with van der Waals surface area (Å²) in [5, 5.41) is 0. The second-order valence-electron chi connectivity index (χ2n) is 3.76. The molecule has 1 heterocycles. The molecule has 0 aliphatic carbocycles. The maximum Gasteiger partial charge on any atom is 0.358 e. The summed E-state index contributed by atoms with van der Waals surface area (Å²) >= 11 is 0. The lowest BCUT2D eigenvalue weighted by Gasteiger charge is -2.06. The number of carbonyl (C=O) groups excluding carboxylic acids is 1. The van der Waals surface area contributed by atoms with Gasteiger partial charge in [0.15, 0.2) is 5.69 Å². The Balaban J connectivity index is 2.48. The minimum Gasteiger partial charge on any atom is -0.477 e. The van der Waals surface area contributed by atoms with E-state index in [0.717, 1.165) is 6.42 Å². The SMILES string of the molecule is COC(=O)c1cnc(OCCC(C)C)cn1. The van der Waals surface area contributed by atoms with Gasteiger partial charge < -0.3 is 9.47 Å². The first-order valence-corrected chi connectivity index (χ1v) is 5.16. The van der Waals surface area contributed by atoms with Crippen LogP contribution in [0, 0.1) is 5.92 Å². The molecule has 0 radical (unpaired) electrons. The first-order valence-electron chi connectivity index (χ1n) is 5.16. The fraction of sp³-hybridized carbons (Fsp3) is 0.545. The van der Waals surface area contributed by atoms with Gasteiger partial charge in [0, 0.05) is 0 Å². The van der Waals surface area contributed by atoms with E-state index in [1.165, 1.54) is 19.5 Å². The summed E-state index contributed by atoms with van der Waals surface area (Å²) in [6.45, 7) is 4.84. The minimum atomic E-state index is -0.499. The van der Waals surface area contributed by atoms with Crippen molar-refractivity contribution in [1.29, 1.82) is 0 Å². The van der Waals surface area contributed by atoms with Crippen LogP contribution in [-0.4, -0.2) is 29.7 Å². The van der Waals surface area contributed by atoms with E-state index in [4.69, 9.17) is 4.74 Å². The number of nitrogens with zero attached hydrogens (tertiary/aromatic N) is 2. The van der Waals surface area contributed by atoms with Gasteiger partial charge in [-0.3, -0.25) is 0 Å². The van der Waals surface area contributed by atoms with Crippen LogP contribution in [-0.2, 0) is 4.74 Å². The summed E-state index contributed by atoms with van der Waals surface area (Å²) in [5.41, 5.74) is 0.179. The zero-order valence-electron chi connectivity index (χ0n) is 9.77. The highest BCUT2D eigenvalue weighted by Gasteiger charge is 2.07. The fourth-order valence-corrected chi connectivity index (χ4v) is 1.000. The normalized spacial score (nSPS) is 10.2. The van der Waals surface area contributed by atoms with Crippen LogP contribution in [0.2, 0.25) is 0 Å². The van der Waals surface area contributed by atoms with Crippen molar-refractivity contribution in [3.63, 3.8) is 0 Å². The van der Waals surface area contributed by atoms with Gasteiger partial charge in [0.25, 0.3) is 0 Å². The Kier molecular flexibility index (Phi) is 4.69. The van der Waals surface area contributed by atoms with E-state index in [1.807, 2.05) is 0 Å². The van der Waals surface area contributed by atoms with Crippen molar-refractivity contribution in [3.05, 3.63) is 18.1 Å². The van der Waals surface area contributed by atoms with E-state index in [9.17, 15) is 4.79 Å². The fourth-order valence-electron chi connectivity index (χ4n) is 1.000. The first-order chi connectivity index (χ1) is 7.63. The van der Waals surface area contributed by atoms with Crippen molar-refractivity contribution in [2.75, 3.05) is 13.7 Å². The van der Waals surface area contributed by atoms with Crippen molar-refractivity contribution >= 4 is 5.97 Å². The molecule has 0 aliphatic rings. The van der Waals surface area contributed by atoms with Gasteiger partial charge >= 0.3 is 5.97 Å². The lowest BCUT2D eigenvalue weighted by atomic mass is 10.1. The van der Waals surface area contributed by atoms with E-state index in [0.29, 0.717) is 18.4 Å². The molecule has 5 heteroatoms. The predicted molar refractivity (Wildman–Crippen MR) is 58.3 cm³/mol. The van der Waals surface area contributed by atoms with Crippen molar-refractivity contribution in [2.24, 2.45) is 5.92 Å². The van der Waals surface area contributed by atoms with Gasteiger partial charge in [-0.2, -0.15) is 0 Å². The number of ether oxygens (including phenoxy) is 2. The van der Waals surface area contributed by atoms with E-state index in [-0.39, 0.29) is 5.69 Å². The third-order valence-electron chi connectivity index (χ3n) is 1.97. The molecule has 0 saturated heterocycles. The Morgan fingerprint density at radius 1 is 1.38 bits per heavy atom. The summed E-state index contributed by atoms with van der Waals surface area (Å²) in [7, 11) is 1.30. The van der Waals surface area contributed by atoms with Gasteiger partial charge in [-0.25, -0.2) is 14.8 Å². The minimum absolute atomic E-state index is 0.179. The Morgan fingerprint density at radius 2 is 2.12 bits per heavy atom. The zero-order chi connectivity index (χ0) is 12.0. The molecule has 0 N–H and O–H groups in total. The third-order valence-corrected chi connectivity index (χ3v) is 1.97. The molecule has 0 fully saturated rings. The molecule has 0 bridgehead atoms. The van der Waals surface area contributed by atoms with Crippen molar-refractivity contribution in [3.8, 4) is 5.88 Å². The number of aromatic nitrogens is 2. The molecule has 1 aromatic rings. The smallest absolute Gasteiger partial charge is 0.358 e. The standard InChI is InChI=1S/C11H16N2O3/c1-8(2)4-5-16-10-7-12-9(6-13-10)11(14)15-3/h6-8H,4-5H2,1-3H3. The number of hydrogen-bond donors (Lipinski definition) is 0. The summed E-state index contributed by atoms with van der Waals surface area (Å²) in [6, 6.07) is 0. The molecule has 88 valence electrons. The highest BCUT2D eigenvalue weighted by atomic mass is 16.5. The number of methoxy groups -OCH3 is 1. The number of rotatable bonds is 5. The van der Waals surface area contributed by atoms with Gasteiger partial charge in [0.1, 0.15) is 0 Å². The molecule has 16 heavy (non-hydrogen) atoms. The van der Waals surface area contributed by atoms with E-state index < -0.39 is 5.97 Å².